The van der Waals surface area contributed by atoms with Crippen LogP contribution in [0.2, 0.25) is 0 Å². The second kappa shape index (κ2) is 7.22. The van der Waals surface area contributed by atoms with Crippen molar-refractivity contribution in [3.63, 3.8) is 0 Å². The molecule has 0 aliphatic heterocycles. The van der Waals surface area contributed by atoms with Crippen molar-refractivity contribution in [1.29, 1.82) is 0 Å². The van der Waals surface area contributed by atoms with Crippen molar-refractivity contribution in [3.8, 4) is 0 Å². The normalized spacial score (nSPS) is 10.5. The summed E-state index contributed by atoms with van der Waals surface area (Å²) in [5, 5.41) is 0. The largest absolute Gasteiger partial charge is 0.362 e. The molecule has 2 rings (SSSR count). The Morgan fingerprint density at radius 3 is 2.45 bits per heavy atom. The molecule has 0 saturated carbocycles. The van der Waals surface area contributed by atoms with E-state index in [1.807, 2.05) is 32.0 Å². The van der Waals surface area contributed by atoms with Crippen LogP contribution in [0.25, 0.3) is 6.08 Å². The summed E-state index contributed by atoms with van der Waals surface area (Å²) in [4.78, 5) is 28.1. The molecular formula is C18H17NO3. The Kier molecular flexibility index (Phi) is 5.09. The van der Waals surface area contributed by atoms with E-state index in [-0.39, 0.29) is 0 Å². The predicted octanol–water partition coefficient (Wildman–Crippen LogP) is 3.20. The molecule has 0 spiro atoms. The van der Waals surface area contributed by atoms with E-state index in [2.05, 4.69) is 5.48 Å². The lowest BCUT2D eigenvalue weighted by molar-refractivity contribution is -0.124. The molecule has 0 radical (unpaired) electrons. The standard InChI is InChI=1S/C18H17NO3/c1-13-7-6-10-15(14(13)2)11-12-17(20)19-22-18(21)16-8-4-3-5-9-16/h3-12H,1-2H3,(H,19,20). The topological polar surface area (TPSA) is 55.4 Å². The van der Waals surface area contributed by atoms with E-state index in [0.29, 0.717) is 5.56 Å². The summed E-state index contributed by atoms with van der Waals surface area (Å²) < 4.78 is 0. The molecule has 0 aliphatic rings. The molecule has 0 fully saturated rings. The van der Waals surface area contributed by atoms with Crippen LogP contribution < -0.4 is 5.48 Å². The monoisotopic (exact) mass is 295 g/mol. The maximum atomic E-state index is 11.7. The van der Waals surface area contributed by atoms with Gasteiger partial charge in [0.1, 0.15) is 0 Å². The summed E-state index contributed by atoms with van der Waals surface area (Å²) in [6.45, 7) is 4.00. The molecule has 0 saturated heterocycles. The lowest BCUT2D eigenvalue weighted by Crippen LogP contribution is -2.25. The molecule has 1 N–H and O–H groups in total. The number of carbonyl (C=O) groups excluding carboxylic acids is 2. The minimum absolute atomic E-state index is 0.376. The number of carbonyl (C=O) groups is 2. The van der Waals surface area contributed by atoms with Gasteiger partial charge in [-0.2, -0.15) is 5.48 Å². The smallest absolute Gasteiger partial charge is 0.335 e. The summed E-state index contributed by atoms with van der Waals surface area (Å²) in [6.07, 6.45) is 3.02. The van der Waals surface area contributed by atoms with Crippen molar-refractivity contribution in [1.82, 2.24) is 5.48 Å². The predicted molar refractivity (Wildman–Crippen MR) is 85.0 cm³/mol. The molecular weight excluding hydrogens is 278 g/mol. The highest BCUT2D eigenvalue weighted by Crippen LogP contribution is 2.13. The van der Waals surface area contributed by atoms with Crippen LogP contribution in [0.3, 0.4) is 0 Å². The number of nitrogens with one attached hydrogen (secondary N) is 1. The van der Waals surface area contributed by atoms with Crippen LogP contribution in [0.15, 0.2) is 54.6 Å². The highest BCUT2D eigenvalue weighted by molar-refractivity contribution is 5.94. The Hall–Kier alpha value is -2.88. The fourth-order valence-corrected chi connectivity index (χ4v) is 1.88. The Balaban J connectivity index is 1.92. The molecule has 22 heavy (non-hydrogen) atoms. The van der Waals surface area contributed by atoms with E-state index in [1.54, 1.807) is 36.4 Å². The molecule has 0 unspecified atom stereocenters. The third-order valence-corrected chi connectivity index (χ3v) is 3.31. The van der Waals surface area contributed by atoms with E-state index in [1.165, 1.54) is 6.08 Å². The third kappa shape index (κ3) is 4.06. The average molecular weight is 295 g/mol. The quantitative estimate of drug-likeness (QED) is 0.699. The summed E-state index contributed by atoms with van der Waals surface area (Å²) in [7, 11) is 0. The van der Waals surface area contributed by atoms with Gasteiger partial charge in [0.25, 0.3) is 5.91 Å². The van der Waals surface area contributed by atoms with Gasteiger partial charge in [0.05, 0.1) is 5.56 Å². The van der Waals surface area contributed by atoms with Gasteiger partial charge in [-0.05, 0) is 48.7 Å². The van der Waals surface area contributed by atoms with E-state index < -0.39 is 11.9 Å². The minimum Gasteiger partial charge on any atom is -0.335 e. The third-order valence-electron chi connectivity index (χ3n) is 3.31. The summed E-state index contributed by atoms with van der Waals surface area (Å²) in [6, 6.07) is 14.3. The van der Waals surface area contributed by atoms with Crippen LogP contribution in [0.4, 0.5) is 0 Å². The number of amides is 1. The van der Waals surface area contributed by atoms with Crippen molar-refractivity contribution in [2.45, 2.75) is 13.8 Å². The SMILES string of the molecule is Cc1cccc(C=CC(=O)NOC(=O)c2ccccc2)c1C. The Labute approximate surface area is 129 Å². The van der Waals surface area contributed by atoms with Gasteiger partial charge in [0.2, 0.25) is 0 Å². The maximum absolute atomic E-state index is 11.7. The van der Waals surface area contributed by atoms with Crippen molar-refractivity contribution < 1.29 is 14.4 Å². The number of hydrogen-bond acceptors (Lipinski definition) is 3. The van der Waals surface area contributed by atoms with Gasteiger partial charge < -0.3 is 4.84 Å². The maximum Gasteiger partial charge on any atom is 0.362 e. The fourth-order valence-electron chi connectivity index (χ4n) is 1.88. The Morgan fingerprint density at radius 2 is 1.73 bits per heavy atom. The number of rotatable bonds is 3. The molecule has 2 aromatic carbocycles. The van der Waals surface area contributed by atoms with E-state index in [0.717, 1.165) is 16.7 Å². The van der Waals surface area contributed by atoms with Gasteiger partial charge in [-0.1, -0.05) is 36.4 Å². The first-order valence-corrected chi connectivity index (χ1v) is 6.88. The van der Waals surface area contributed by atoms with Crippen molar-refractivity contribution in [2.75, 3.05) is 0 Å². The van der Waals surface area contributed by atoms with Gasteiger partial charge >= 0.3 is 5.97 Å². The van der Waals surface area contributed by atoms with Crippen LogP contribution >= 0.6 is 0 Å². The van der Waals surface area contributed by atoms with Crippen LogP contribution in [0.5, 0.6) is 0 Å². The Morgan fingerprint density at radius 1 is 1.00 bits per heavy atom. The molecule has 0 aromatic heterocycles. The van der Waals surface area contributed by atoms with Gasteiger partial charge in [0, 0.05) is 6.08 Å². The first-order chi connectivity index (χ1) is 10.6. The number of hydroxylamine groups is 1. The zero-order chi connectivity index (χ0) is 15.9. The van der Waals surface area contributed by atoms with Crippen molar-refractivity contribution in [3.05, 3.63) is 76.9 Å². The summed E-state index contributed by atoms with van der Waals surface area (Å²) in [5.41, 5.74) is 5.69. The van der Waals surface area contributed by atoms with Crippen LogP contribution in [-0.2, 0) is 9.63 Å². The van der Waals surface area contributed by atoms with Gasteiger partial charge in [0.15, 0.2) is 0 Å². The molecule has 1 amide bonds. The molecule has 0 atom stereocenters. The second-order valence-electron chi connectivity index (χ2n) is 4.84. The molecule has 0 aliphatic carbocycles. The van der Waals surface area contributed by atoms with Crippen molar-refractivity contribution >= 4 is 18.0 Å². The first kappa shape index (κ1) is 15.5. The first-order valence-electron chi connectivity index (χ1n) is 6.88. The van der Waals surface area contributed by atoms with Crippen LogP contribution in [-0.4, -0.2) is 11.9 Å². The van der Waals surface area contributed by atoms with E-state index in [4.69, 9.17) is 4.84 Å². The lowest BCUT2D eigenvalue weighted by atomic mass is 10.0. The van der Waals surface area contributed by atoms with Gasteiger partial charge in [-0.25, -0.2) is 4.79 Å². The molecule has 0 heterocycles. The fraction of sp³-hybridized carbons (Fsp3) is 0.111. The van der Waals surface area contributed by atoms with E-state index in [9.17, 15) is 9.59 Å². The molecule has 112 valence electrons. The molecule has 2 aromatic rings. The molecule has 4 nitrogen and oxygen atoms in total. The van der Waals surface area contributed by atoms with Crippen molar-refractivity contribution in [2.24, 2.45) is 0 Å². The van der Waals surface area contributed by atoms with Crippen LogP contribution in [0.1, 0.15) is 27.0 Å². The second-order valence-corrected chi connectivity index (χ2v) is 4.84. The number of aryl methyl sites for hydroxylation is 1. The highest BCUT2D eigenvalue weighted by atomic mass is 16.7. The summed E-state index contributed by atoms with van der Waals surface area (Å²) >= 11 is 0. The molecule has 4 heteroatoms. The minimum atomic E-state index is -0.603. The van der Waals surface area contributed by atoms with Gasteiger partial charge in [-0.15, -0.1) is 0 Å². The van der Waals surface area contributed by atoms with Gasteiger partial charge in [-0.3, -0.25) is 4.79 Å². The lowest BCUT2D eigenvalue weighted by Gasteiger charge is -2.05. The van der Waals surface area contributed by atoms with E-state index >= 15 is 0 Å². The van der Waals surface area contributed by atoms with Crippen LogP contribution in [0, 0.1) is 13.8 Å². The summed E-state index contributed by atoms with van der Waals surface area (Å²) in [5.74, 6) is -1.10. The Bertz CT molecular complexity index is 706. The zero-order valence-corrected chi connectivity index (χ0v) is 12.5. The zero-order valence-electron chi connectivity index (χ0n) is 12.5. The average Bonchev–Trinajstić information content (AvgIpc) is 2.54. The molecule has 0 bridgehead atoms. The highest BCUT2D eigenvalue weighted by Gasteiger charge is 2.07. The number of benzene rings is 2. The number of hydrogen-bond donors (Lipinski definition) is 1.